The van der Waals surface area contributed by atoms with Crippen molar-refractivity contribution in [2.24, 2.45) is 0 Å². The van der Waals surface area contributed by atoms with Gasteiger partial charge < -0.3 is 14.9 Å². The number of aliphatic hydroxyl groups is 1. The number of phenols is 1. The van der Waals surface area contributed by atoms with E-state index < -0.39 is 0 Å². The van der Waals surface area contributed by atoms with Gasteiger partial charge in [-0.05, 0) is 56.6 Å². The predicted octanol–water partition coefficient (Wildman–Crippen LogP) is 5.54. The molecule has 1 aromatic carbocycles. The number of benzene rings is 1. The summed E-state index contributed by atoms with van der Waals surface area (Å²) in [6.07, 6.45) is 11.1. The van der Waals surface area contributed by atoms with E-state index in [2.05, 4.69) is 13.8 Å². The Morgan fingerprint density at radius 3 is 2.67 bits per heavy atom. The summed E-state index contributed by atoms with van der Waals surface area (Å²) in [5, 5.41) is 20.2. The van der Waals surface area contributed by atoms with E-state index in [1.165, 1.54) is 32.1 Å². The summed E-state index contributed by atoms with van der Waals surface area (Å²) in [6.45, 7) is 4.33. The van der Waals surface area contributed by atoms with Gasteiger partial charge in [-0.25, -0.2) is 0 Å². The average Bonchev–Trinajstić information content (AvgIpc) is 2.55. The summed E-state index contributed by atoms with van der Waals surface area (Å²) in [4.78, 5) is 0. The van der Waals surface area contributed by atoms with Crippen LogP contribution < -0.4 is 4.74 Å². The molecule has 2 N–H and O–H groups in total. The molecule has 1 aromatic rings. The Morgan fingerprint density at radius 1 is 1.17 bits per heavy atom. The van der Waals surface area contributed by atoms with Crippen LogP contribution >= 0.6 is 0 Å². The molecule has 3 heteroatoms. The highest BCUT2D eigenvalue weighted by atomic mass is 16.5. The molecule has 1 saturated carbocycles. The normalized spacial score (nSPS) is 22.3. The van der Waals surface area contributed by atoms with E-state index in [4.69, 9.17) is 4.74 Å². The lowest BCUT2D eigenvalue weighted by Gasteiger charge is -2.27. The van der Waals surface area contributed by atoms with Gasteiger partial charge in [-0.15, -0.1) is 0 Å². The van der Waals surface area contributed by atoms with Gasteiger partial charge in [0.15, 0.2) is 0 Å². The third-order valence-electron chi connectivity index (χ3n) is 5.14. The molecule has 24 heavy (non-hydrogen) atoms. The molecule has 0 amide bonds. The molecule has 2 rings (SSSR count). The van der Waals surface area contributed by atoms with Crippen LogP contribution in [0, 0.1) is 0 Å². The van der Waals surface area contributed by atoms with Crippen molar-refractivity contribution in [3.8, 4) is 11.5 Å². The first-order chi connectivity index (χ1) is 11.6. The average molecular weight is 335 g/mol. The van der Waals surface area contributed by atoms with Crippen LogP contribution in [0.5, 0.6) is 11.5 Å². The summed E-state index contributed by atoms with van der Waals surface area (Å²) >= 11 is 0. The van der Waals surface area contributed by atoms with Crippen molar-refractivity contribution in [3.63, 3.8) is 0 Å². The number of unbranched alkanes of at least 4 members (excludes halogenated alkanes) is 4. The molecule has 0 aliphatic heterocycles. The van der Waals surface area contributed by atoms with E-state index in [0.29, 0.717) is 5.75 Å². The van der Waals surface area contributed by atoms with Crippen LogP contribution in [0.25, 0.3) is 0 Å². The molecule has 0 bridgehead atoms. The molecule has 1 aliphatic carbocycles. The minimum absolute atomic E-state index is 0.174. The van der Waals surface area contributed by atoms with E-state index >= 15 is 0 Å². The summed E-state index contributed by atoms with van der Waals surface area (Å²) in [5.41, 5.74) is 0.952. The number of hydrogen-bond donors (Lipinski definition) is 2. The van der Waals surface area contributed by atoms with Crippen molar-refractivity contribution in [3.05, 3.63) is 23.8 Å². The predicted molar refractivity (Wildman–Crippen MR) is 98.8 cm³/mol. The largest absolute Gasteiger partial charge is 0.508 e. The molecule has 3 unspecified atom stereocenters. The van der Waals surface area contributed by atoms with Crippen LogP contribution in [0.2, 0.25) is 0 Å². The summed E-state index contributed by atoms with van der Waals surface area (Å²) < 4.78 is 5.96. The van der Waals surface area contributed by atoms with Gasteiger partial charge in [0.2, 0.25) is 0 Å². The van der Waals surface area contributed by atoms with Crippen molar-refractivity contribution in [1.29, 1.82) is 0 Å². The van der Waals surface area contributed by atoms with Crippen molar-refractivity contribution in [2.45, 2.75) is 96.2 Å². The Morgan fingerprint density at radius 2 is 1.96 bits per heavy atom. The molecule has 136 valence electrons. The number of phenolic OH excluding ortho intramolecular Hbond substituents is 1. The monoisotopic (exact) mass is 334 g/mol. The van der Waals surface area contributed by atoms with Gasteiger partial charge in [0.05, 0.1) is 12.2 Å². The van der Waals surface area contributed by atoms with Crippen molar-refractivity contribution in [2.75, 3.05) is 0 Å². The zero-order valence-electron chi connectivity index (χ0n) is 15.3. The minimum Gasteiger partial charge on any atom is -0.508 e. The highest BCUT2D eigenvalue weighted by molar-refractivity contribution is 5.42. The van der Waals surface area contributed by atoms with Gasteiger partial charge in [0, 0.05) is 6.07 Å². The smallest absolute Gasteiger partial charge is 0.123 e. The fourth-order valence-corrected chi connectivity index (χ4v) is 3.72. The van der Waals surface area contributed by atoms with E-state index in [9.17, 15) is 10.2 Å². The van der Waals surface area contributed by atoms with Crippen molar-refractivity contribution in [1.82, 2.24) is 0 Å². The quantitative estimate of drug-likeness (QED) is 0.583. The van der Waals surface area contributed by atoms with E-state index in [1.54, 1.807) is 6.07 Å². The molecule has 0 heterocycles. The molecule has 1 aliphatic rings. The van der Waals surface area contributed by atoms with E-state index in [1.807, 2.05) is 12.1 Å². The first kappa shape index (κ1) is 19.1. The van der Waals surface area contributed by atoms with Gasteiger partial charge in [-0.2, -0.15) is 0 Å². The third kappa shape index (κ3) is 6.01. The third-order valence-corrected chi connectivity index (χ3v) is 5.14. The molecule has 3 nitrogen and oxygen atoms in total. The lowest BCUT2D eigenvalue weighted by Crippen LogP contribution is -2.18. The van der Waals surface area contributed by atoms with E-state index in [0.717, 1.165) is 43.4 Å². The standard InChI is InChI=1S/C21H34O3/c1-3-4-5-6-7-9-16(2)24-19-12-13-20(21(23)15-19)17-10-8-11-18(22)14-17/h12-13,15-18,22-23H,3-11,14H2,1-2H3. The second-order valence-corrected chi connectivity index (χ2v) is 7.37. The molecule has 0 saturated heterocycles. The first-order valence-electron chi connectivity index (χ1n) is 9.77. The Hall–Kier alpha value is -1.22. The molecule has 1 fully saturated rings. The maximum Gasteiger partial charge on any atom is 0.123 e. The lowest BCUT2D eigenvalue weighted by atomic mass is 9.82. The Kier molecular flexibility index (Phi) is 7.90. The van der Waals surface area contributed by atoms with Crippen LogP contribution in [-0.2, 0) is 0 Å². The van der Waals surface area contributed by atoms with Gasteiger partial charge in [-0.1, -0.05) is 45.1 Å². The minimum atomic E-state index is -0.230. The van der Waals surface area contributed by atoms with Gasteiger partial charge in [-0.3, -0.25) is 0 Å². The molecule has 3 atom stereocenters. The molecule has 0 radical (unpaired) electrons. The number of hydrogen-bond acceptors (Lipinski definition) is 3. The van der Waals surface area contributed by atoms with Crippen LogP contribution in [0.15, 0.2) is 18.2 Å². The van der Waals surface area contributed by atoms with Gasteiger partial charge in [0.25, 0.3) is 0 Å². The summed E-state index contributed by atoms with van der Waals surface area (Å²) in [6, 6.07) is 5.68. The zero-order chi connectivity index (χ0) is 17.4. The SMILES string of the molecule is CCCCCCCC(C)Oc1ccc(C2CCCC(O)C2)c(O)c1. The molecular weight excluding hydrogens is 300 g/mol. The first-order valence-corrected chi connectivity index (χ1v) is 9.77. The maximum atomic E-state index is 10.4. The highest BCUT2D eigenvalue weighted by Crippen LogP contribution is 2.38. The molecule has 0 aromatic heterocycles. The topological polar surface area (TPSA) is 49.7 Å². The fourth-order valence-electron chi connectivity index (χ4n) is 3.72. The van der Waals surface area contributed by atoms with Crippen molar-refractivity contribution >= 4 is 0 Å². The Balaban J connectivity index is 1.83. The van der Waals surface area contributed by atoms with Gasteiger partial charge >= 0.3 is 0 Å². The highest BCUT2D eigenvalue weighted by Gasteiger charge is 2.24. The number of ether oxygens (including phenoxy) is 1. The van der Waals surface area contributed by atoms with Gasteiger partial charge in [0.1, 0.15) is 11.5 Å². The van der Waals surface area contributed by atoms with E-state index in [-0.39, 0.29) is 18.1 Å². The Labute approximate surface area is 147 Å². The fraction of sp³-hybridized carbons (Fsp3) is 0.714. The summed E-state index contributed by atoms with van der Waals surface area (Å²) in [5.74, 6) is 1.31. The number of aromatic hydroxyl groups is 1. The van der Waals surface area contributed by atoms with Crippen LogP contribution in [0.4, 0.5) is 0 Å². The second-order valence-electron chi connectivity index (χ2n) is 7.37. The zero-order valence-corrected chi connectivity index (χ0v) is 15.3. The van der Waals surface area contributed by atoms with Crippen LogP contribution in [0.1, 0.15) is 89.5 Å². The molecular formula is C21H34O3. The number of rotatable bonds is 9. The number of aliphatic hydroxyl groups excluding tert-OH is 1. The Bertz CT molecular complexity index is 486. The van der Waals surface area contributed by atoms with Crippen LogP contribution in [-0.4, -0.2) is 22.4 Å². The molecule has 0 spiro atoms. The lowest BCUT2D eigenvalue weighted by molar-refractivity contribution is 0.119. The van der Waals surface area contributed by atoms with Crippen LogP contribution in [0.3, 0.4) is 0 Å². The summed E-state index contributed by atoms with van der Waals surface area (Å²) in [7, 11) is 0. The maximum absolute atomic E-state index is 10.4. The second kappa shape index (κ2) is 9.93. The van der Waals surface area contributed by atoms with Crippen molar-refractivity contribution < 1.29 is 14.9 Å².